The number of methoxy groups -OCH3 is 1. The van der Waals surface area contributed by atoms with Crippen LogP contribution in [0.5, 0.6) is 0 Å². The van der Waals surface area contributed by atoms with Crippen molar-refractivity contribution in [3.63, 3.8) is 0 Å². The van der Waals surface area contributed by atoms with Gasteiger partial charge in [-0.2, -0.15) is 0 Å². The molecule has 0 saturated carbocycles. The van der Waals surface area contributed by atoms with Crippen LogP contribution in [-0.4, -0.2) is 47.6 Å². The van der Waals surface area contributed by atoms with Gasteiger partial charge >= 0.3 is 0 Å². The lowest BCUT2D eigenvalue weighted by Crippen LogP contribution is -2.53. The summed E-state index contributed by atoms with van der Waals surface area (Å²) in [5, 5.41) is 3.21. The van der Waals surface area contributed by atoms with Crippen LogP contribution < -0.4 is 5.32 Å². The Morgan fingerprint density at radius 2 is 2.03 bits per heavy atom. The van der Waals surface area contributed by atoms with Crippen LogP contribution in [0, 0.1) is 12.7 Å². The second kappa shape index (κ2) is 8.20. The van der Waals surface area contributed by atoms with Gasteiger partial charge in [0.1, 0.15) is 5.82 Å². The number of aromatic nitrogens is 1. The van der Waals surface area contributed by atoms with E-state index >= 15 is 0 Å². The Morgan fingerprint density at radius 1 is 1.31 bits per heavy atom. The summed E-state index contributed by atoms with van der Waals surface area (Å²) < 4.78 is 19.8. The molecule has 6 heteroatoms. The summed E-state index contributed by atoms with van der Waals surface area (Å²) in [5.74, 6) is -0.848. The molecule has 1 aromatic carbocycles. The molecule has 2 saturated heterocycles. The highest BCUT2D eigenvalue weighted by Gasteiger charge is 2.56. The molecule has 3 heterocycles. The molecule has 0 aliphatic carbocycles. The number of halogens is 1. The van der Waals surface area contributed by atoms with E-state index in [4.69, 9.17) is 4.74 Å². The molecule has 1 unspecified atom stereocenters. The van der Waals surface area contributed by atoms with Crippen molar-refractivity contribution in [2.24, 2.45) is 0 Å². The van der Waals surface area contributed by atoms with Gasteiger partial charge in [-0.05, 0) is 61.9 Å². The first-order valence-electron chi connectivity index (χ1n) is 10.3. The van der Waals surface area contributed by atoms with Gasteiger partial charge in [-0.3, -0.25) is 14.7 Å². The van der Waals surface area contributed by atoms with E-state index in [1.165, 1.54) is 6.07 Å². The van der Waals surface area contributed by atoms with E-state index in [9.17, 15) is 9.18 Å². The fourth-order valence-corrected chi connectivity index (χ4v) is 5.32. The minimum Gasteiger partial charge on any atom is -0.383 e. The zero-order valence-corrected chi connectivity index (χ0v) is 17.0. The number of benzene rings is 1. The normalized spacial score (nSPS) is 24.6. The lowest BCUT2D eigenvalue weighted by molar-refractivity contribution is 0.0636. The quantitative estimate of drug-likeness (QED) is 0.775. The largest absolute Gasteiger partial charge is 0.383 e. The molecular formula is C23H28FN3O2. The van der Waals surface area contributed by atoms with Gasteiger partial charge in [0.05, 0.1) is 18.2 Å². The first-order valence-corrected chi connectivity index (χ1v) is 10.3. The van der Waals surface area contributed by atoms with Gasteiger partial charge in [0.2, 0.25) is 0 Å². The van der Waals surface area contributed by atoms with Crippen molar-refractivity contribution < 1.29 is 13.9 Å². The summed E-state index contributed by atoms with van der Waals surface area (Å²) in [4.78, 5) is 19.9. The van der Waals surface area contributed by atoms with Crippen LogP contribution in [0.2, 0.25) is 0 Å². The number of carbonyl (C=O) groups excluding carboxylic acids is 1. The molecule has 154 valence electrons. The van der Waals surface area contributed by atoms with E-state index < -0.39 is 5.82 Å². The maximum atomic E-state index is 14.5. The van der Waals surface area contributed by atoms with Gasteiger partial charge in [0.25, 0.3) is 5.91 Å². The highest BCUT2D eigenvalue weighted by molar-refractivity contribution is 5.96. The number of rotatable bonds is 7. The third-order valence-corrected chi connectivity index (χ3v) is 6.67. The maximum Gasteiger partial charge on any atom is 0.255 e. The predicted molar refractivity (Wildman–Crippen MR) is 109 cm³/mol. The Bertz CT molecular complexity index is 845. The number of hydrogen-bond acceptors (Lipinski definition) is 4. The van der Waals surface area contributed by atoms with E-state index in [1.54, 1.807) is 38.6 Å². The lowest BCUT2D eigenvalue weighted by atomic mass is 9.78. The number of nitrogens with one attached hydrogen (secondary N) is 1. The molecule has 0 radical (unpaired) electrons. The van der Waals surface area contributed by atoms with E-state index in [2.05, 4.69) is 15.2 Å². The highest BCUT2D eigenvalue weighted by atomic mass is 19.1. The lowest BCUT2D eigenvalue weighted by Gasteiger charge is -2.42. The average Bonchev–Trinajstić information content (AvgIpc) is 3.26. The van der Waals surface area contributed by atoms with E-state index in [0.29, 0.717) is 18.2 Å². The highest BCUT2D eigenvalue weighted by Crippen LogP contribution is 2.52. The molecule has 0 spiro atoms. The molecule has 5 nitrogen and oxygen atoms in total. The zero-order chi connectivity index (χ0) is 20.4. The molecule has 1 amide bonds. The molecule has 2 aliphatic heterocycles. The molecule has 2 bridgehead atoms. The van der Waals surface area contributed by atoms with Crippen LogP contribution in [0.15, 0.2) is 42.7 Å². The molecule has 1 atom stereocenters. The average molecular weight is 397 g/mol. The Kier molecular flexibility index (Phi) is 5.65. The van der Waals surface area contributed by atoms with Gasteiger partial charge in [0, 0.05) is 37.6 Å². The standard InChI is InChI=1S/C23H28FN3O2/c1-16-4-3-5-19(24)20(16)22(28)26-21(17-8-12-25-13-9-17)23-10-6-18(7-11-23)27(23)14-15-29-2/h3-5,8-9,12-13,18,21H,6-7,10-11,14-15H2,1-2H3,(H,26,28). The van der Waals surface area contributed by atoms with Crippen molar-refractivity contribution in [2.75, 3.05) is 20.3 Å². The van der Waals surface area contributed by atoms with Gasteiger partial charge in [0.15, 0.2) is 0 Å². The van der Waals surface area contributed by atoms with Crippen molar-refractivity contribution >= 4 is 5.91 Å². The number of amides is 1. The smallest absolute Gasteiger partial charge is 0.255 e. The van der Waals surface area contributed by atoms with Crippen molar-refractivity contribution in [1.82, 2.24) is 15.2 Å². The second-order valence-corrected chi connectivity index (χ2v) is 8.14. The summed E-state index contributed by atoms with van der Waals surface area (Å²) in [5.41, 5.74) is 1.59. The van der Waals surface area contributed by atoms with Crippen LogP contribution in [0.1, 0.15) is 53.2 Å². The first kappa shape index (κ1) is 20.0. The van der Waals surface area contributed by atoms with E-state index in [0.717, 1.165) is 37.8 Å². The van der Waals surface area contributed by atoms with Gasteiger partial charge in [-0.25, -0.2) is 4.39 Å². The van der Waals surface area contributed by atoms with Gasteiger partial charge < -0.3 is 10.1 Å². The number of nitrogens with zero attached hydrogens (tertiary/aromatic N) is 2. The molecular weight excluding hydrogens is 369 g/mol. The minimum absolute atomic E-state index is 0.124. The van der Waals surface area contributed by atoms with Crippen molar-refractivity contribution in [1.29, 1.82) is 0 Å². The van der Waals surface area contributed by atoms with Crippen LogP contribution in [0.4, 0.5) is 4.39 Å². The van der Waals surface area contributed by atoms with Crippen LogP contribution in [-0.2, 0) is 4.74 Å². The topological polar surface area (TPSA) is 54.5 Å². The van der Waals surface area contributed by atoms with Gasteiger partial charge in [-0.15, -0.1) is 0 Å². The summed E-state index contributed by atoms with van der Waals surface area (Å²) in [6.07, 6.45) is 7.73. The van der Waals surface area contributed by atoms with Crippen molar-refractivity contribution in [3.8, 4) is 0 Å². The molecule has 29 heavy (non-hydrogen) atoms. The number of pyridine rings is 1. The number of ether oxygens (including phenoxy) is 1. The fourth-order valence-electron chi connectivity index (χ4n) is 5.32. The minimum atomic E-state index is -0.486. The van der Waals surface area contributed by atoms with Crippen LogP contribution in [0.3, 0.4) is 0 Å². The number of hydrogen-bond donors (Lipinski definition) is 1. The molecule has 2 aromatic rings. The number of fused-ring (bicyclic) bond motifs is 2. The van der Waals surface area contributed by atoms with Crippen LogP contribution >= 0.6 is 0 Å². The Balaban J connectivity index is 1.71. The SMILES string of the molecule is COCCN1C2CCC1(C(NC(=O)c1c(C)cccc1F)c1ccncc1)CC2. The van der Waals surface area contributed by atoms with E-state index in [-0.39, 0.29) is 23.1 Å². The third kappa shape index (κ3) is 3.55. The van der Waals surface area contributed by atoms with E-state index in [1.807, 2.05) is 12.1 Å². The second-order valence-electron chi connectivity index (χ2n) is 8.14. The molecule has 1 N–H and O–H groups in total. The maximum absolute atomic E-state index is 14.5. The zero-order valence-electron chi connectivity index (χ0n) is 17.0. The Labute approximate surface area is 171 Å². The Morgan fingerprint density at radius 3 is 2.69 bits per heavy atom. The molecule has 4 rings (SSSR count). The molecule has 2 aliphatic rings. The number of aryl methyl sites for hydroxylation is 1. The summed E-state index contributed by atoms with van der Waals surface area (Å²) in [6.45, 7) is 3.25. The number of carbonyl (C=O) groups is 1. The monoisotopic (exact) mass is 397 g/mol. The van der Waals surface area contributed by atoms with Crippen molar-refractivity contribution in [2.45, 2.75) is 50.2 Å². The van der Waals surface area contributed by atoms with Crippen molar-refractivity contribution in [3.05, 3.63) is 65.2 Å². The summed E-state index contributed by atoms with van der Waals surface area (Å²) >= 11 is 0. The third-order valence-electron chi connectivity index (χ3n) is 6.67. The fraction of sp³-hybridized carbons (Fsp3) is 0.478. The molecule has 1 aromatic heterocycles. The van der Waals surface area contributed by atoms with Gasteiger partial charge in [-0.1, -0.05) is 12.1 Å². The first-order chi connectivity index (χ1) is 14.1. The van der Waals surface area contributed by atoms with Crippen LogP contribution in [0.25, 0.3) is 0 Å². The predicted octanol–water partition coefficient (Wildman–Crippen LogP) is 3.64. The Hall–Kier alpha value is -2.31. The molecule has 2 fully saturated rings. The summed E-state index contributed by atoms with van der Waals surface area (Å²) in [6, 6.07) is 8.92. The summed E-state index contributed by atoms with van der Waals surface area (Å²) in [7, 11) is 1.72.